The second-order valence-electron chi connectivity index (χ2n) is 6.97. The molecule has 1 heterocycles. The molecule has 0 atom stereocenters. The maximum atomic E-state index is 12.7. The summed E-state index contributed by atoms with van der Waals surface area (Å²) in [5.41, 5.74) is 2.31. The van der Waals surface area contributed by atoms with Crippen LogP contribution in [-0.4, -0.2) is 34.7 Å². The van der Waals surface area contributed by atoms with Gasteiger partial charge in [0.2, 0.25) is 10.0 Å². The zero-order chi connectivity index (χ0) is 19.3. The minimum atomic E-state index is -3.47. The number of sulfonamides is 1. The predicted octanol–water partition coefficient (Wildman–Crippen LogP) is 3.60. The maximum Gasteiger partial charge on any atom is 0.240 e. The molecule has 1 aliphatic rings. The molecule has 0 spiro atoms. The molecule has 0 saturated carbocycles. The number of rotatable bonds is 7. The predicted molar refractivity (Wildman–Crippen MR) is 109 cm³/mol. The van der Waals surface area contributed by atoms with E-state index in [4.69, 9.17) is 4.74 Å². The van der Waals surface area contributed by atoms with Crippen LogP contribution in [0.5, 0.6) is 5.75 Å². The summed E-state index contributed by atoms with van der Waals surface area (Å²) in [6.45, 7) is 3.77. The normalized spacial score (nSPS) is 15.7. The molecule has 0 aromatic heterocycles. The van der Waals surface area contributed by atoms with Crippen LogP contribution in [0.2, 0.25) is 0 Å². The van der Waals surface area contributed by atoms with Crippen molar-refractivity contribution in [2.75, 3.05) is 25.1 Å². The van der Waals surface area contributed by atoms with Crippen LogP contribution in [0.1, 0.15) is 31.7 Å². The first-order valence-electron chi connectivity index (χ1n) is 9.52. The average Bonchev–Trinajstić information content (AvgIpc) is 2.69. The lowest BCUT2D eigenvalue weighted by Crippen LogP contribution is -2.44. The van der Waals surface area contributed by atoms with E-state index in [-0.39, 0.29) is 6.04 Å². The first-order valence-corrected chi connectivity index (χ1v) is 11.0. The fourth-order valence-corrected chi connectivity index (χ4v) is 4.76. The van der Waals surface area contributed by atoms with Crippen molar-refractivity contribution in [3.05, 3.63) is 54.1 Å². The summed E-state index contributed by atoms with van der Waals surface area (Å²) in [5, 5.41) is 0. The number of nitrogens with zero attached hydrogens (tertiary/aromatic N) is 1. The van der Waals surface area contributed by atoms with Crippen molar-refractivity contribution in [2.45, 2.75) is 43.5 Å². The number of anilines is 1. The number of hydrogen-bond donors (Lipinski definition) is 1. The van der Waals surface area contributed by atoms with Crippen LogP contribution in [0.3, 0.4) is 0 Å². The van der Waals surface area contributed by atoms with Crippen LogP contribution in [-0.2, 0) is 16.4 Å². The second kappa shape index (κ2) is 8.76. The van der Waals surface area contributed by atoms with Crippen LogP contribution in [0.25, 0.3) is 0 Å². The molecule has 0 aliphatic carbocycles. The van der Waals surface area contributed by atoms with Gasteiger partial charge in [-0.05, 0) is 61.2 Å². The third-order valence-corrected chi connectivity index (χ3v) is 6.56. The third-order valence-electron chi connectivity index (χ3n) is 5.03. The van der Waals surface area contributed by atoms with Crippen molar-refractivity contribution in [1.82, 2.24) is 4.72 Å². The Bertz CT molecular complexity index is 825. The first kappa shape index (κ1) is 19.7. The van der Waals surface area contributed by atoms with Crippen molar-refractivity contribution >= 4 is 15.7 Å². The highest BCUT2D eigenvalue weighted by Gasteiger charge is 2.24. The molecular formula is C21H28N2O3S. The van der Waals surface area contributed by atoms with Gasteiger partial charge in [0.1, 0.15) is 5.75 Å². The van der Waals surface area contributed by atoms with Gasteiger partial charge >= 0.3 is 0 Å². The number of benzene rings is 2. The fourth-order valence-electron chi connectivity index (χ4n) is 3.46. The Kier molecular flexibility index (Phi) is 6.39. The summed E-state index contributed by atoms with van der Waals surface area (Å²) in [6.07, 6.45) is 3.60. The lowest BCUT2D eigenvalue weighted by Gasteiger charge is -2.33. The SMILES string of the molecule is CCCc1ccc(S(=O)(=O)NC2CCN(c3ccc(OC)cc3)CC2)cc1. The van der Waals surface area contributed by atoms with Gasteiger partial charge in [0.25, 0.3) is 0 Å². The van der Waals surface area contributed by atoms with Crippen LogP contribution >= 0.6 is 0 Å². The molecule has 2 aromatic carbocycles. The van der Waals surface area contributed by atoms with Gasteiger partial charge in [0, 0.05) is 24.8 Å². The van der Waals surface area contributed by atoms with E-state index in [9.17, 15) is 8.42 Å². The zero-order valence-electron chi connectivity index (χ0n) is 16.0. The molecule has 27 heavy (non-hydrogen) atoms. The van der Waals surface area contributed by atoms with Crippen molar-refractivity contribution < 1.29 is 13.2 Å². The van der Waals surface area contributed by atoms with Gasteiger partial charge in [-0.25, -0.2) is 13.1 Å². The summed E-state index contributed by atoms with van der Waals surface area (Å²) in [6, 6.07) is 15.2. The molecule has 146 valence electrons. The molecule has 0 unspecified atom stereocenters. The molecule has 6 heteroatoms. The van der Waals surface area contributed by atoms with Gasteiger partial charge in [0.15, 0.2) is 0 Å². The molecule has 2 aromatic rings. The number of methoxy groups -OCH3 is 1. The minimum Gasteiger partial charge on any atom is -0.497 e. The largest absolute Gasteiger partial charge is 0.497 e. The monoisotopic (exact) mass is 388 g/mol. The Balaban J connectivity index is 1.57. The third kappa shape index (κ3) is 5.02. The molecular weight excluding hydrogens is 360 g/mol. The summed E-state index contributed by atoms with van der Waals surface area (Å²) >= 11 is 0. The van der Waals surface area contributed by atoms with E-state index >= 15 is 0 Å². The standard InChI is InChI=1S/C21H28N2O3S/c1-3-4-17-5-11-21(12-6-17)27(24,25)22-18-13-15-23(16-14-18)19-7-9-20(26-2)10-8-19/h5-12,18,22H,3-4,13-16H2,1-2H3. The summed E-state index contributed by atoms with van der Waals surface area (Å²) in [5.74, 6) is 0.839. The van der Waals surface area contributed by atoms with Gasteiger partial charge in [-0.1, -0.05) is 25.5 Å². The van der Waals surface area contributed by atoms with Gasteiger partial charge in [-0.3, -0.25) is 0 Å². The van der Waals surface area contributed by atoms with Crippen molar-refractivity contribution in [3.8, 4) is 5.75 Å². The molecule has 1 fully saturated rings. The Morgan fingerprint density at radius 2 is 1.67 bits per heavy atom. The van der Waals surface area contributed by atoms with Crippen LogP contribution in [0.4, 0.5) is 5.69 Å². The lowest BCUT2D eigenvalue weighted by molar-refractivity contribution is 0.414. The second-order valence-corrected chi connectivity index (χ2v) is 8.69. The van der Waals surface area contributed by atoms with E-state index in [1.165, 1.54) is 5.56 Å². The highest BCUT2D eigenvalue weighted by molar-refractivity contribution is 7.89. The van der Waals surface area contributed by atoms with E-state index in [1.807, 2.05) is 36.4 Å². The molecule has 0 radical (unpaired) electrons. The van der Waals surface area contributed by atoms with E-state index in [0.717, 1.165) is 50.2 Å². The van der Waals surface area contributed by atoms with Crippen LogP contribution in [0, 0.1) is 0 Å². The molecule has 1 aliphatic heterocycles. The van der Waals surface area contributed by atoms with E-state index < -0.39 is 10.0 Å². The van der Waals surface area contributed by atoms with Crippen molar-refractivity contribution in [2.24, 2.45) is 0 Å². The number of ether oxygens (including phenoxy) is 1. The summed E-state index contributed by atoms with van der Waals surface area (Å²) in [4.78, 5) is 2.63. The minimum absolute atomic E-state index is 0.0279. The Morgan fingerprint density at radius 1 is 1.04 bits per heavy atom. The van der Waals surface area contributed by atoms with E-state index in [2.05, 4.69) is 16.5 Å². The number of aryl methyl sites for hydroxylation is 1. The average molecular weight is 389 g/mol. The fraction of sp³-hybridized carbons (Fsp3) is 0.429. The molecule has 5 nitrogen and oxygen atoms in total. The van der Waals surface area contributed by atoms with Crippen molar-refractivity contribution in [1.29, 1.82) is 0 Å². The molecule has 0 amide bonds. The molecule has 0 bridgehead atoms. The van der Waals surface area contributed by atoms with E-state index in [0.29, 0.717) is 4.90 Å². The molecule has 1 saturated heterocycles. The molecule has 1 N–H and O–H groups in total. The van der Waals surface area contributed by atoms with Crippen LogP contribution in [0.15, 0.2) is 53.4 Å². The van der Waals surface area contributed by atoms with E-state index in [1.54, 1.807) is 19.2 Å². The Labute approximate surface area is 162 Å². The molecule has 3 rings (SSSR count). The van der Waals surface area contributed by atoms with Crippen LogP contribution < -0.4 is 14.4 Å². The lowest BCUT2D eigenvalue weighted by atomic mass is 10.1. The number of piperidine rings is 1. The highest BCUT2D eigenvalue weighted by Crippen LogP contribution is 2.23. The maximum absolute atomic E-state index is 12.7. The topological polar surface area (TPSA) is 58.6 Å². The number of hydrogen-bond acceptors (Lipinski definition) is 4. The Hall–Kier alpha value is -2.05. The van der Waals surface area contributed by atoms with Gasteiger partial charge < -0.3 is 9.64 Å². The van der Waals surface area contributed by atoms with Gasteiger partial charge in [0.05, 0.1) is 12.0 Å². The smallest absolute Gasteiger partial charge is 0.240 e. The Morgan fingerprint density at radius 3 is 2.22 bits per heavy atom. The number of nitrogens with one attached hydrogen (secondary N) is 1. The summed E-state index contributed by atoms with van der Waals surface area (Å²) in [7, 11) is -1.81. The summed E-state index contributed by atoms with van der Waals surface area (Å²) < 4.78 is 33.4. The highest BCUT2D eigenvalue weighted by atomic mass is 32.2. The zero-order valence-corrected chi connectivity index (χ0v) is 16.8. The van der Waals surface area contributed by atoms with Gasteiger partial charge in [-0.2, -0.15) is 0 Å². The quantitative estimate of drug-likeness (QED) is 0.787. The van der Waals surface area contributed by atoms with Gasteiger partial charge in [-0.15, -0.1) is 0 Å². The van der Waals surface area contributed by atoms with Crippen molar-refractivity contribution in [3.63, 3.8) is 0 Å². The first-order chi connectivity index (χ1) is 13.0.